The van der Waals surface area contributed by atoms with Crippen molar-refractivity contribution in [3.8, 4) is 0 Å². The third-order valence-corrected chi connectivity index (χ3v) is 3.17. The van der Waals surface area contributed by atoms with Gasteiger partial charge in [0.15, 0.2) is 0 Å². The third-order valence-electron chi connectivity index (χ3n) is 3.17. The van der Waals surface area contributed by atoms with Gasteiger partial charge in [-0.25, -0.2) is 0 Å². The van der Waals surface area contributed by atoms with Crippen LogP contribution in [0.2, 0.25) is 0 Å². The molecule has 0 spiro atoms. The van der Waals surface area contributed by atoms with E-state index in [0.29, 0.717) is 6.10 Å². The number of hydrogen-bond acceptors (Lipinski definition) is 2. The molecule has 2 nitrogen and oxygen atoms in total. The quantitative estimate of drug-likeness (QED) is 0.641. The van der Waals surface area contributed by atoms with Crippen molar-refractivity contribution in [3.05, 3.63) is 0 Å². The zero-order valence-electron chi connectivity index (χ0n) is 8.71. The van der Waals surface area contributed by atoms with Crippen LogP contribution in [-0.4, -0.2) is 38.3 Å². The summed E-state index contributed by atoms with van der Waals surface area (Å²) in [5.41, 5.74) is 0. The molecule has 0 bridgehead atoms. The topological polar surface area (TPSA) is 12.5 Å². The van der Waals surface area contributed by atoms with Crippen LogP contribution in [0.25, 0.3) is 0 Å². The summed E-state index contributed by atoms with van der Waals surface area (Å²) >= 11 is 0. The number of nitrogens with zero attached hydrogens (tertiary/aromatic N) is 1. The lowest BCUT2D eigenvalue weighted by molar-refractivity contribution is 0.0404. The van der Waals surface area contributed by atoms with Gasteiger partial charge in [-0.1, -0.05) is 6.42 Å². The van der Waals surface area contributed by atoms with E-state index in [1.807, 2.05) is 7.11 Å². The van der Waals surface area contributed by atoms with Gasteiger partial charge in [0, 0.05) is 19.1 Å². The van der Waals surface area contributed by atoms with Crippen LogP contribution in [0, 0.1) is 5.92 Å². The summed E-state index contributed by atoms with van der Waals surface area (Å²) in [6.07, 6.45) is 4.45. The maximum atomic E-state index is 5.39. The molecule has 0 amide bonds. The highest BCUT2D eigenvalue weighted by molar-refractivity contribution is 4.86. The molecule has 1 unspecified atom stereocenters. The minimum atomic E-state index is 0.417. The van der Waals surface area contributed by atoms with Crippen molar-refractivity contribution in [1.29, 1.82) is 0 Å². The predicted molar refractivity (Wildman–Crippen MR) is 51.3 cm³/mol. The number of ether oxygens (including phenoxy) is 1. The van der Waals surface area contributed by atoms with Crippen LogP contribution < -0.4 is 0 Å². The van der Waals surface area contributed by atoms with E-state index in [9.17, 15) is 0 Å². The molecule has 0 radical (unpaired) electrons. The first-order chi connectivity index (χ1) is 5.66. The van der Waals surface area contributed by atoms with Crippen LogP contribution in [0.1, 0.15) is 26.2 Å². The molecular formula is C10H21NO. The van der Waals surface area contributed by atoms with E-state index < -0.39 is 0 Å². The molecule has 1 fully saturated rings. The van der Waals surface area contributed by atoms with Gasteiger partial charge < -0.3 is 9.64 Å². The fourth-order valence-corrected chi connectivity index (χ4v) is 2.33. The van der Waals surface area contributed by atoms with E-state index in [-0.39, 0.29) is 0 Å². The molecule has 0 N–H and O–H groups in total. The van der Waals surface area contributed by atoms with Crippen LogP contribution >= 0.6 is 0 Å². The molecule has 0 aromatic rings. The Hall–Kier alpha value is -0.0800. The monoisotopic (exact) mass is 171 g/mol. The van der Waals surface area contributed by atoms with Gasteiger partial charge in [-0.15, -0.1) is 0 Å². The van der Waals surface area contributed by atoms with E-state index >= 15 is 0 Å². The lowest BCUT2D eigenvalue weighted by Crippen LogP contribution is -2.37. The van der Waals surface area contributed by atoms with Crippen molar-refractivity contribution >= 4 is 0 Å². The van der Waals surface area contributed by atoms with E-state index in [0.717, 1.165) is 12.0 Å². The van der Waals surface area contributed by atoms with Crippen molar-refractivity contribution < 1.29 is 4.74 Å². The van der Waals surface area contributed by atoms with Gasteiger partial charge in [0.1, 0.15) is 0 Å². The van der Waals surface area contributed by atoms with Crippen LogP contribution in [0.5, 0.6) is 0 Å². The Morgan fingerprint density at radius 2 is 2.00 bits per heavy atom. The van der Waals surface area contributed by atoms with Crippen molar-refractivity contribution in [1.82, 2.24) is 4.90 Å². The van der Waals surface area contributed by atoms with Crippen molar-refractivity contribution in [2.24, 2.45) is 5.92 Å². The summed E-state index contributed by atoms with van der Waals surface area (Å²) in [7, 11) is 6.16. The zero-order valence-corrected chi connectivity index (χ0v) is 8.71. The lowest BCUT2D eigenvalue weighted by atomic mass is 9.97. The van der Waals surface area contributed by atoms with Crippen molar-refractivity contribution in [2.75, 3.05) is 21.2 Å². The maximum absolute atomic E-state index is 5.39. The first-order valence-corrected chi connectivity index (χ1v) is 4.86. The van der Waals surface area contributed by atoms with Gasteiger partial charge in [0.05, 0.1) is 6.10 Å². The Bertz CT molecular complexity index is 136. The van der Waals surface area contributed by atoms with Gasteiger partial charge in [0.25, 0.3) is 0 Å². The molecule has 0 aliphatic heterocycles. The van der Waals surface area contributed by atoms with Crippen LogP contribution in [0.3, 0.4) is 0 Å². The molecule has 3 atom stereocenters. The normalized spacial score (nSPS) is 32.8. The molecule has 12 heavy (non-hydrogen) atoms. The Morgan fingerprint density at radius 3 is 2.50 bits per heavy atom. The highest BCUT2D eigenvalue weighted by atomic mass is 16.5. The van der Waals surface area contributed by atoms with Crippen LogP contribution in [0.15, 0.2) is 0 Å². The highest BCUT2D eigenvalue weighted by Gasteiger charge is 2.32. The van der Waals surface area contributed by atoms with Gasteiger partial charge in [0.2, 0.25) is 0 Å². The van der Waals surface area contributed by atoms with Gasteiger partial charge in [-0.05, 0) is 33.9 Å². The Morgan fingerprint density at radius 1 is 1.33 bits per heavy atom. The molecule has 0 heterocycles. The Balaban J connectivity index is 2.51. The second-order valence-corrected chi connectivity index (χ2v) is 4.07. The molecule has 1 aliphatic rings. The minimum Gasteiger partial charge on any atom is -0.381 e. The number of rotatable bonds is 3. The molecule has 0 aromatic carbocycles. The standard InChI is InChI=1S/C10H21NO/c1-8(12-4)9-6-5-7-10(9)11(2)3/h8-10H,5-7H2,1-4H3/t8?,9-,10-/m0/s1. The van der Waals surface area contributed by atoms with Gasteiger partial charge in [-0.3, -0.25) is 0 Å². The fourth-order valence-electron chi connectivity index (χ4n) is 2.33. The summed E-state index contributed by atoms with van der Waals surface area (Å²) in [5.74, 6) is 0.741. The average molecular weight is 171 g/mol. The third kappa shape index (κ3) is 1.99. The number of methoxy groups -OCH3 is 1. The molecule has 0 saturated heterocycles. The zero-order chi connectivity index (χ0) is 9.14. The molecule has 1 saturated carbocycles. The minimum absolute atomic E-state index is 0.417. The summed E-state index contributed by atoms with van der Waals surface area (Å²) < 4.78 is 5.39. The molecule has 2 heteroatoms. The second kappa shape index (κ2) is 4.24. The molecule has 72 valence electrons. The van der Waals surface area contributed by atoms with Crippen LogP contribution in [-0.2, 0) is 4.74 Å². The summed E-state index contributed by atoms with van der Waals surface area (Å²) in [6.45, 7) is 2.19. The largest absolute Gasteiger partial charge is 0.381 e. The smallest absolute Gasteiger partial charge is 0.0586 e. The molecule has 1 rings (SSSR count). The van der Waals surface area contributed by atoms with E-state index in [2.05, 4.69) is 25.9 Å². The first kappa shape index (κ1) is 10.0. The number of hydrogen-bond donors (Lipinski definition) is 0. The highest BCUT2D eigenvalue weighted by Crippen LogP contribution is 2.32. The molecule has 0 aromatic heterocycles. The van der Waals surface area contributed by atoms with E-state index in [1.165, 1.54) is 19.3 Å². The summed E-state index contributed by atoms with van der Waals surface area (Å²) in [5, 5.41) is 0. The van der Waals surface area contributed by atoms with Gasteiger partial charge >= 0.3 is 0 Å². The summed E-state index contributed by atoms with van der Waals surface area (Å²) in [6, 6.07) is 0.736. The Labute approximate surface area is 75.9 Å². The van der Waals surface area contributed by atoms with Crippen molar-refractivity contribution in [3.63, 3.8) is 0 Å². The van der Waals surface area contributed by atoms with Gasteiger partial charge in [-0.2, -0.15) is 0 Å². The summed E-state index contributed by atoms with van der Waals surface area (Å²) in [4.78, 5) is 2.34. The lowest BCUT2D eigenvalue weighted by Gasteiger charge is -2.29. The van der Waals surface area contributed by atoms with Crippen molar-refractivity contribution in [2.45, 2.75) is 38.3 Å². The molecular weight excluding hydrogens is 150 g/mol. The predicted octanol–water partition coefficient (Wildman–Crippen LogP) is 1.75. The Kier molecular flexibility index (Phi) is 3.53. The van der Waals surface area contributed by atoms with E-state index in [4.69, 9.17) is 4.74 Å². The van der Waals surface area contributed by atoms with Crippen LogP contribution in [0.4, 0.5) is 0 Å². The second-order valence-electron chi connectivity index (χ2n) is 4.07. The fraction of sp³-hybridized carbons (Fsp3) is 1.00. The average Bonchev–Trinajstić information content (AvgIpc) is 2.50. The first-order valence-electron chi connectivity index (χ1n) is 4.86. The van der Waals surface area contributed by atoms with E-state index in [1.54, 1.807) is 0 Å². The molecule has 1 aliphatic carbocycles. The maximum Gasteiger partial charge on any atom is 0.0586 e. The SMILES string of the molecule is COC(C)[C@@H]1CCC[C@@H]1N(C)C.